The molecule has 9 nitrogen and oxygen atoms in total. The minimum Gasteiger partial charge on any atom is -0.457 e. The van der Waals surface area contributed by atoms with Gasteiger partial charge >= 0.3 is 12.1 Å². The molecule has 1 saturated heterocycles. The molecule has 0 bridgehead atoms. The standard InChI is InChI=1S/C34H55N3O6/c1-24-16-17-34(5,41)29(42-33(40)37-20-18-36(6)19-21-37)15-14-27(4)31(43-30(38)22-24)26(3)11-9-10-25(2)23-35-32(39)28-12-7-8-13-28/h9-11,14-15,24-25,27-29,31,41H,7-8,12-13,16-23H2,1-6H3,(H,35,39)/b10-9+,15-14+,26-11+/t24-,25-,27+,29+,31-,34-/m1/s1. The van der Waals surface area contributed by atoms with Gasteiger partial charge in [0.1, 0.15) is 11.7 Å². The summed E-state index contributed by atoms with van der Waals surface area (Å²) in [6.07, 6.45) is 13.3. The van der Waals surface area contributed by atoms with Crippen molar-refractivity contribution in [3.63, 3.8) is 0 Å². The summed E-state index contributed by atoms with van der Waals surface area (Å²) in [4.78, 5) is 42.2. The van der Waals surface area contributed by atoms with Crippen LogP contribution >= 0.6 is 0 Å². The number of hydrogen-bond acceptors (Lipinski definition) is 7. The maximum absolute atomic E-state index is 13.1. The van der Waals surface area contributed by atoms with Crippen molar-refractivity contribution in [2.45, 2.75) is 97.4 Å². The Morgan fingerprint density at radius 2 is 1.84 bits per heavy atom. The first kappa shape index (κ1) is 34.8. The zero-order valence-corrected chi connectivity index (χ0v) is 27.2. The number of likely N-dealkylation sites (N-methyl/N-ethyl adjacent to an activating group) is 1. The van der Waals surface area contributed by atoms with E-state index in [1.807, 2.05) is 52.1 Å². The van der Waals surface area contributed by atoms with E-state index in [4.69, 9.17) is 9.47 Å². The van der Waals surface area contributed by atoms with E-state index in [0.717, 1.165) is 44.3 Å². The Labute approximate surface area is 258 Å². The van der Waals surface area contributed by atoms with Crippen LogP contribution in [0.15, 0.2) is 36.0 Å². The van der Waals surface area contributed by atoms with Gasteiger partial charge in [-0.3, -0.25) is 9.59 Å². The number of allylic oxidation sites excluding steroid dienone is 2. The highest BCUT2D eigenvalue weighted by Gasteiger charge is 2.36. The summed E-state index contributed by atoms with van der Waals surface area (Å²) in [7, 11) is 2.03. The first-order valence-corrected chi connectivity index (χ1v) is 16.2. The number of carbonyl (C=O) groups excluding carboxylic acids is 3. The SMILES string of the molecule is C/C(=C\C=C\[C@@H](C)CNC(=O)C1CCCC1)[C@H]1OC(=O)C[C@H](C)CC[C@@](C)(O)[C@@H](OC(=O)N2CCN(C)CC2)/C=C/[C@@H]1C. The van der Waals surface area contributed by atoms with Gasteiger partial charge in [-0.1, -0.05) is 57.9 Å². The number of hydrogen-bond donors (Lipinski definition) is 2. The molecule has 242 valence electrons. The topological polar surface area (TPSA) is 108 Å². The number of ether oxygens (including phenoxy) is 2. The molecule has 0 aromatic carbocycles. The zero-order chi connectivity index (χ0) is 31.6. The first-order valence-electron chi connectivity index (χ1n) is 16.2. The third-order valence-electron chi connectivity index (χ3n) is 9.16. The predicted molar refractivity (Wildman–Crippen MR) is 168 cm³/mol. The summed E-state index contributed by atoms with van der Waals surface area (Å²) >= 11 is 0. The van der Waals surface area contributed by atoms with Crippen LogP contribution in [0.4, 0.5) is 4.79 Å². The second-order valence-electron chi connectivity index (χ2n) is 13.5. The number of piperazine rings is 1. The Morgan fingerprint density at radius 3 is 2.51 bits per heavy atom. The molecule has 3 rings (SSSR count). The highest BCUT2D eigenvalue weighted by atomic mass is 16.6. The summed E-state index contributed by atoms with van der Waals surface area (Å²) in [6.45, 7) is 12.9. The summed E-state index contributed by atoms with van der Waals surface area (Å²) in [6, 6.07) is 0. The third-order valence-corrected chi connectivity index (χ3v) is 9.16. The molecule has 0 aromatic heterocycles. The molecule has 3 aliphatic rings. The molecule has 0 radical (unpaired) electrons. The Morgan fingerprint density at radius 1 is 1.16 bits per heavy atom. The van der Waals surface area contributed by atoms with Crippen LogP contribution in [0.25, 0.3) is 0 Å². The molecule has 6 atom stereocenters. The van der Waals surface area contributed by atoms with E-state index in [1.54, 1.807) is 17.9 Å². The highest BCUT2D eigenvalue weighted by Crippen LogP contribution is 2.29. The molecule has 2 heterocycles. The number of amides is 2. The van der Waals surface area contributed by atoms with Gasteiger partial charge in [0, 0.05) is 51.0 Å². The predicted octanol–water partition coefficient (Wildman–Crippen LogP) is 4.86. The number of aliphatic hydroxyl groups is 1. The number of cyclic esters (lactones) is 1. The quantitative estimate of drug-likeness (QED) is 0.244. The fourth-order valence-corrected chi connectivity index (χ4v) is 5.95. The normalized spacial score (nSPS) is 32.0. The van der Waals surface area contributed by atoms with E-state index in [9.17, 15) is 19.5 Å². The number of nitrogens with zero attached hydrogens (tertiary/aromatic N) is 2. The molecule has 0 spiro atoms. The number of carbonyl (C=O) groups is 3. The second kappa shape index (κ2) is 16.4. The number of esters is 1. The summed E-state index contributed by atoms with van der Waals surface area (Å²) in [5, 5.41) is 14.5. The maximum Gasteiger partial charge on any atom is 0.410 e. The lowest BCUT2D eigenvalue weighted by molar-refractivity contribution is -0.150. The van der Waals surface area contributed by atoms with Crippen molar-refractivity contribution < 1.29 is 29.0 Å². The Hall–Kier alpha value is -2.65. The van der Waals surface area contributed by atoms with Crippen LogP contribution in [0.5, 0.6) is 0 Å². The van der Waals surface area contributed by atoms with Gasteiger partial charge in [-0.2, -0.15) is 0 Å². The maximum atomic E-state index is 13.1. The van der Waals surface area contributed by atoms with Crippen LogP contribution in [0, 0.1) is 23.7 Å². The van der Waals surface area contributed by atoms with Crippen molar-refractivity contribution in [1.82, 2.24) is 15.1 Å². The van der Waals surface area contributed by atoms with E-state index in [2.05, 4.69) is 17.1 Å². The number of rotatable bonds is 7. The molecule has 0 aromatic rings. The van der Waals surface area contributed by atoms with Gasteiger partial charge in [-0.25, -0.2) is 4.79 Å². The third kappa shape index (κ3) is 11.1. The Bertz CT molecular complexity index is 1020. The molecule has 2 fully saturated rings. The van der Waals surface area contributed by atoms with E-state index >= 15 is 0 Å². The van der Waals surface area contributed by atoms with Gasteiger partial charge in [0.2, 0.25) is 5.91 Å². The minimum atomic E-state index is -1.29. The zero-order valence-electron chi connectivity index (χ0n) is 27.2. The van der Waals surface area contributed by atoms with E-state index in [1.165, 1.54) is 0 Å². The van der Waals surface area contributed by atoms with Crippen molar-refractivity contribution in [1.29, 1.82) is 0 Å². The molecule has 2 aliphatic heterocycles. The molecule has 43 heavy (non-hydrogen) atoms. The molecule has 2 N–H and O–H groups in total. The Kier molecular flexibility index (Phi) is 13.3. The highest BCUT2D eigenvalue weighted by molar-refractivity contribution is 5.78. The fourth-order valence-electron chi connectivity index (χ4n) is 5.95. The van der Waals surface area contributed by atoms with E-state index in [-0.39, 0.29) is 42.0 Å². The van der Waals surface area contributed by atoms with E-state index < -0.39 is 23.9 Å². The molecule has 0 unspecified atom stereocenters. The van der Waals surface area contributed by atoms with Crippen molar-refractivity contribution in [2.24, 2.45) is 23.7 Å². The summed E-state index contributed by atoms with van der Waals surface area (Å²) in [5.74, 6) is -0.0278. The second-order valence-corrected chi connectivity index (χ2v) is 13.5. The first-order chi connectivity index (χ1) is 20.4. The van der Waals surface area contributed by atoms with Crippen molar-refractivity contribution in [3.8, 4) is 0 Å². The van der Waals surface area contributed by atoms with Crippen molar-refractivity contribution >= 4 is 18.0 Å². The summed E-state index contributed by atoms with van der Waals surface area (Å²) < 4.78 is 11.9. The monoisotopic (exact) mass is 601 g/mol. The van der Waals surface area contributed by atoms with Gasteiger partial charge < -0.3 is 29.7 Å². The van der Waals surface area contributed by atoms with Crippen molar-refractivity contribution in [3.05, 3.63) is 36.0 Å². The average molecular weight is 602 g/mol. The smallest absolute Gasteiger partial charge is 0.410 e. The Balaban J connectivity index is 1.71. The van der Waals surface area contributed by atoms with Crippen molar-refractivity contribution in [2.75, 3.05) is 39.8 Å². The minimum absolute atomic E-state index is 0.00297. The van der Waals surface area contributed by atoms with Gasteiger partial charge in [0.05, 0.1) is 0 Å². The van der Waals surface area contributed by atoms with Gasteiger partial charge in [0.25, 0.3) is 0 Å². The van der Waals surface area contributed by atoms with Crippen LogP contribution in [0.3, 0.4) is 0 Å². The van der Waals surface area contributed by atoms with Crippen LogP contribution in [0.1, 0.15) is 79.6 Å². The molecular weight excluding hydrogens is 546 g/mol. The van der Waals surface area contributed by atoms with Gasteiger partial charge in [-0.15, -0.1) is 0 Å². The lowest BCUT2D eigenvalue weighted by atomic mass is 9.87. The van der Waals surface area contributed by atoms with Crippen LogP contribution < -0.4 is 5.32 Å². The largest absolute Gasteiger partial charge is 0.457 e. The lowest BCUT2D eigenvalue weighted by Crippen LogP contribution is -2.50. The summed E-state index contributed by atoms with van der Waals surface area (Å²) in [5.41, 5.74) is -0.409. The van der Waals surface area contributed by atoms with Gasteiger partial charge in [-0.05, 0) is 70.1 Å². The van der Waals surface area contributed by atoms with E-state index in [0.29, 0.717) is 32.5 Å². The van der Waals surface area contributed by atoms with Gasteiger partial charge in [0.15, 0.2) is 6.10 Å². The fraction of sp³-hybridized carbons (Fsp3) is 0.735. The van der Waals surface area contributed by atoms with Crippen LogP contribution in [-0.2, 0) is 19.1 Å². The number of nitrogens with one attached hydrogen (secondary N) is 1. The van der Waals surface area contributed by atoms with Crippen LogP contribution in [-0.4, -0.2) is 90.5 Å². The van der Waals surface area contributed by atoms with Crippen LogP contribution in [0.2, 0.25) is 0 Å². The molecule has 9 heteroatoms. The molecule has 1 saturated carbocycles. The lowest BCUT2D eigenvalue weighted by Gasteiger charge is -2.36. The average Bonchev–Trinajstić information content (AvgIpc) is 3.50. The molecule has 2 amide bonds. The molecule has 1 aliphatic carbocycles. The molecular formula is C34H55N3O6.